The summed E-state index contributed by atoms with van der Waals surface area (Å²) in [5, 5.41) is 5.38. The lowest BCUT2D eigenvalue weighted by Gasteiger charge is -2.41. The molecule has 2 aromatic heterocycles. The van der Waals surface area contributed by atoms with Crippen LogP contribution in [0, 0.1) is 0 Å². The van der Waals surface area contributed by atoms with Crippen molar-refractivity contribution in [1.29, 1.82) is 0 Å². The number of piperidine rings is 1. The number of likely N-dealkylation sites (N-methyl/N-ethyl adjacent to an activating group) is 1. The zero-order valence-corrected chi connectivity index (χ0v) is 16.9. The second kappa shape index (κ2) is 7.14. The molecule has 0 amide bonds. The Morgan fingerprint density at radius 1 is 1.11 bits per heavy atom. The second-order valence-electron chi connectivity index (χ2n) is 7.68. The molecule has 2 bridgehead atoms. The van der Waals surface area contributed by atoms with E-state index in [1.807, 2.05) is 30.3 Å². The van der Waals surface area contributed by atoms with Crippen LogP contribution in [-0.4, -0.2) is 39.2 Å². The van der Waals surface area contributed by atoms with E-state index in [2.05, 4.69) is 28.2 Å². The number of aromatic nitrogens is 3. The Balaban J connectivity index is 1.55. The van der Waals surface area contributed by atoms with Crippen LogP contribution in [0.1, 0.15) is 42.6 Å². The van der Waals surface area contributed by atoms with Crippen LogP contribution in [0.4, 0.5) is 0 Å². The molecule has 0 spiro atoms. The predicted molar refractivity (Wildman–Crippen MR) is 109 cm³/mol. The van der Waals surface area contributed by atoms with Crippen LogP contribution in [0.2, 0.25) is 10.0 Å². The summed E-state index contributed by atoms with van der Waals surface area (Å²) in [4.78, 5) is 11.6. The summed E-state index contributed by atoms with van der Waals surface area (Å²) in [6.07, 6.45) is 5.10. The molecule has 5 rings (SSSR count). The van der Waals surface area contributed by atoms with Crippen molar-refractivity contribution < 1.29 is 4.52 Å². The molecule has 0 aliphatic carbocycles. The molecule has 2 aliphatic heterocycles. The first kappa shape index (κ1) is 18.1. The monoisotopic (exact) mass is 414 g/mol. The molecule has 3 aromatic rings. The number of hydrogen-bond acceptors (Lipinski definition) is 5. The molecular weight excluding hydrogens is 395 g/mol. The van der Waals surface area contributed by atoms with Gasteiger partial charge in [0.25, 0.3) is 0 Å². The molecule has 0 unspecified atom stereocenters. The quantitative estimate of drug-likeness (QED) is 0.591. The van der Waals surface area contributed by atoms with Crippen molar-refractivity contribution in [2.75, 3.05) is 7.05 Å². The molecule has 4 heterocycles. The lowest BCUT2D eigenvalue weighted by atomic mass is 9.76. The molecular formula is C21H20Cl2N4O. The topological polar surface area (TPSA) is 55.1 Å². The average Bonchev–Trinajstić information content (AvgIpc) is 3.28. The first-order valence-electron chi connectivity index (χ1n) is 9.53. The maximum Gasteiger partial charge on any atom is 0.232 e. The molecule has 2 saturated heterocycles. The number of pyridine rings is 1. The third-order valence-electron chi connectivity index (χ3n) is 6.26. The van der Waals surface area contributed by atoms with Crippen molar-refractivity contribution in [2.45, 2.75) is 43.2 Å². The van der Waals surface area contributed by atoms with Crippen molar-refractivity contribution in [3.63, 3.8) is 0 Å². The van der Waals surface area contributed by atoms with Crippen LogP contribution in [0.5, 0.6) is 0 Å². The van der Waals surface area contributed by atoms with Gasteiger partial charge in [0.05, 0.1) is 16.0 Å². The van der Waals surface area contributed by atoms with Gasteiger partial charge in [-0.2, -0.15) is 4.98 Å². The maximum absolute atomic E-state index is 6.33. The highest BCUT2D eigenvalue weighted by Crippen LogP contribution is 2.51. The van der Waals surface area contributed by atoms with Gasteiger partial charge < -0.3 is 4.52 Å². The molecule has 0 N–H and O–H groups in total. The van der Waals surface area contributed by atoms with Gasteiger partial charge >= 0.3 is 0 Å². The minimum absolute atomic E-state index is 0.117. The van der Waals surface area contributed by atoms with Crippen molar-refractivity contribution >= 4 is 23.2 Å². The maximum atomic E-state index is 6.33. The van der Waals surface area contributed by atoms with Crippen molar-refractivity contribution in [3.05, 3.63) is 64.1 Å². The van der Waals surface area contributed by atoms with Gasteiger partial charge in [0.15, 0.2) is 0 Å². The smallest absolute Gasteiger partial charge is 0.232 e. The fourth-order valence-electron chi connectivity index (χ4n) is 4.86. The van der Waals surface area contributed by atoms with Crippen LogP contribution < -0.4 is 0 Å². The van der Waals surface area contributed by atoms with Gasteiger partial charge in [-0.05, 0) is 62.1 Å². The fourth-order valence-corrected chi connectivity index (χ4v) is 5.17. The minimum atomic E-state index is 0.117. The third kappa shape index (κ3) is 3.02. The van der Waals surface area contributed by atoms with E-state index in [0.717, 1.165) is 18.5 Å². The lowest BCUT2D eigenvalue weighted by molar-refractivity contribution is 0.120. The fraction of sp³-hybridized carbons (Fsp3) is 0.381. The Bertz CT molecular complexity index is 993. The number of halogens is 2. The standard InChI is InChI=1S/C21H20Cl2N4O/c1-27-13-6-8-18(27)19(14(11-13)12-5-7-15(22)16(23)10-12)21-25-20(26-28-21)17-4-2-3-9-24-17/h2-5,7,9-10,13-14,18-19H,6,8,11H2,1H3/t13-,14+,18-,19-/m1/s1. The van der Waals surface area contributed by atoms with Crippen LogP contribution in [-0.2, 0) is 0 Å². The molecule has 0 radical (unpaired) electrons. The SMILES string of the molecule is CN1[C@@H]2CC[C@@H]1[C@H](c1nc(-c3ccccn3)no1)[C@H](c1ccc(Cl)c(Cl)c1)C2. The van der Waals surface area contributed by atoms with E-state index >= 15 is 0 Å². The lowest BCUT2D eigenvalue weighted by Crippen LogP contribution is -2.44. The van der Waals surface area contributed by atoms with E-state index in [1.165, 1.54) is 12.0 Å². The summed E-state index contributed by atoms with van der Waals surface area (Å²) < 4.78 is 5.78. The zero-order valence-electron chi connectivity index (χ0n) is 15.4. The minimum Gasteiger partial charge on any atom is -0.339 e. The van der Waals surface area contributed by atoms with Crippen molar-refractivity contribution in [3.8, 4) is 11.5 Å². The molecule has 28 heavy (non-hydrogen) atoms. The van der Waals surface area contributed by atoms with Crippen LogP contribution >= 0.6 is 23.2 Å². The van der Waals surface area contributed by atoms with Gasteiger partial charge in [-0.3, -0.25) is 9.88 Å². The van der Waals surface area contributed by atoms with Crippen LogP contribution in [0.25, 0.3) is 11.5 Å². The van der Waals surface area contributed by atoms with Gasteiger partial charge in [0.1, 0.15) is 5.69 Å². The zero-order chi connectivity index (χ0) is 19.3. The highest BCUT2D eigenvalue weighted by molar-refractivity contribution is 6.42. The second-order valence-corrected chi connectivity index (χ2v) is 8.49. The molecule has 2 aliphatic rings. The molecule has 0 saturated carbocycles. The van der Waals surface area contributed by atoms with Crippen molar-refractivity contribution in [2.24, 2.45) is 0 Å². The predicted octanol–water partition coefficient (Wildman–Crippen LogP) is 5.17. The largest absolute Gasteiger partial charge is 0.339 e. The summed E-state index contributed by atoms with van der Waals surface area (Å²) in [6, 6.07) is 12.6. The van der Waals surface area contributed by atoms with E-state index < -0.39 is 0 Å². The van der Waals surface area contributed by atoms with Gasteiger partial charge in [-0.1, -0.05) is 40.5 Å². The first-order valence-corrected chi connectivity index (χ1v) is 10.3. The van der Waals surface area contributed by atoms with Crippen molar-refractivity contribution in [1.82, 2.24) is 20.0 Å². The van der Waals surface area contributed by atoms with Gasteiger partial charge in [0, 0.05) is 18.3 Å². The molecule has 7 heteroatoms. The highest BCUT2D eigenvalue weighted by Gasteiger charge is 2.49. The number of rotatable bonds is 3. The Labute approximate surface area is 173 Å². The Kier molecular flexibility index (Phi) is 4.62. The van der Waals surface area contributed by atoms with Gasteiger partial charge in [-0.25, -0.2) is 0 Å². The van der Waals surface area contributed by atoms with Crippen LogP contribution in [0.3, 0.4) is 0 Å². The summed E-state index contributed by atoms with van der Waals surface area (Å²) in [6.45, 7) is 0. The summed E-state index contributed by atoms with van der Waals surface area (Å²) in [5.41, 5.74) is 1.90. The Hall–Kier alpha value is -1.95. The average molecular weight is 415 g/mol. The summed E-state index contributed by atoms with van der Waals surface area (Å²) in [7, 11) is 2.20. The Morgan fingerprint density at radius 3 is 2.79 bits per heavy atom. The van der Waals surface area contributed by atoms with E-state index in [-0.39, 0.29) is 11.8 Å². The normalized spacial score (nSPS) is 27.2. The van der Waals surface area contributed by atoms with Gasteiger partial charge in [0.2, 0.25) is 11.7 Å². The number of benzene rings is 1. The van der Waals surface area contributed by atoms with E-state index in [0.29, 0.717) is 33.8 Å². The van der Waals surface area contributed by atoms with E-state index in [4.69, 9.17) is 32.7 Å². The third-order valence-corrected chi connectivity index (χ3v) is 7.00. The molecule has 1 aromatic carbocycles. The van der Waals surface area contributed by atoms with Crippen LogP contribution in [0.15, 0.2) is 47.1 Å². The van der Waals surface area contributed by atoms with E-state index in [9.17, 15) is 0 Å². The number of fused-ring (bicyclic) bond motifs is 2. The summed E-state index contributed by atoms with van der Waals surface area (Å²) >= 11 is 12.5. The number of hydrogen-bond donors (Lipinski definition) is 0. The summed E-state index contributed by atoms with van der Waals surface area (Å²) in [5.74, 6) is 1.59. The first-order chi connectivity index (χ1) is 13.6. The molecule has 144 valence electrons. The van der Waals surface area contributed by atoms with E-state index in [1.54, 1.807) is 6.20 Å². The molecule has 5 nitrogen and oxygen atoms in total. The van der Waals surface area contributed by atoms with Gasteiger partial charge in [-0.15, -0.1) is 0 Å². The highest BCUT2D eigenvalue weighted by atomic mass is 35.5. The number of nitrogens with zero attached hydrogens (tertiary/aromatic N) is 4. The Morgan fingerprint density at radius 2 is 2.00 bits per heavy atom. The molecule has 2 fully saturated rings. The molecule has 4 atom stereocenters.